The number of nitrogens with one attached hydrogen (secondary N) is 1. The number of hydrogen-bond donors (Lipinski definition) is 2. The summed E-state index contributed by atoms with van der Waals surface area (Å²) in [5.74, 6) is 2.20. The number of aromatic nitrogens is 3. The lowest BCUT2D eigenvalue weighted by molar-refractivity contribution is 0.415. The molecule has 21 heavy (non-hydrogen) atoms. The van der Waals surface area contributed by atoms with Gasteiger partial charge < -0.3 is 15.4 Å². The molecule has 0 amide bonds. The Labute approximate surface area is 131 Å². The Balaban J connectivity index is 1.87. The predicted molar refractivity (Wildman–Crippen MR) is 85.5 cm³/mol. The van der Waals surface area contributed by atoms with E-state index in [1.54, 1.807) is 7.11 Å². The number of benzene rings is 1. The fourth-order valence-electron chi connectivity index (χ4n) is 2.52. The van der Waals surface area contributed by atoms with Gasteiger partial charge in [-0.25, -0.2) is 0 Å². The van der Waals surface area contributed by atoms with Crippen LogP contribution in [0.4, 0.5) is 5.95 Å². The van der Waals surface area contributed by atoms with Crippen molar-refractivity contribution >= 4 is 21.9 Å². The van der Waals surface area contributed by atoms with Gasteiger partial charge in [-0.1, -0.05) is 15.9 Å². The van der Waals surface area contributed by atoms with Crippen LogP contribution >= 0.6 is 15.9 Å². The van der Waals surface area contributed by atoms with Crippen LogP contribution < -0.4 is 15.4 Å². The van der Waals surface area contributed by atoms with Gasteiger partial charge in [-0.2, -0.15) is 4.98 Å². The number of nitrogens with two attached hydrogens (primary N) is 1. The molecule has 7 heteroatoms. The molecule has 1 fully saturated rings. The summed E-state index contributed by atoms with van der Waals surface area (Å²) in [5.41, 5.74) is 6.94. The van der Waals surface area contributed by atoms with Crippen molar-refractivity contribution in [3.8, 4) is 17.1 Å². The molecule has 0 aliphatic carbocycles. The number of methoxy groups -OCH3 is 1. The average Bonchev–Trinajstić information content (AvgIpc) is 2.97. The molecule has 1 aromatic carbocycles. The lowest BCUT2D eigenvalue weighted by atomic mass is 10.1. The average molecular weight is 352 g/mol. The molecule has 1 unspecified atom stereocenters. The maximum Gasteiger partial charge on any atom is 0.245 e. The number of H-pyrrole nitrogens is 1. The van der Waals surface area contributed by atoms with E-state index in [4.69, 9.17) is 10.5 Å². The number of ether oxygens (including phenoxy) is 1. The van der Waals surface area contributed by atoms with Crippen LogP contribution in [0.2, 0.25) is 0 Å². The highest BCUT2D eigenvalue weighted by atomic mass is 79.9. The van der Waals surface area contributed by atoms with E-state index in [-0.39, 0.29) is 6.04 Å². The number of hydrogen-bond acceptors (Lipinski definition) is 5. The van der Waals surface area contributed by atoms with Crippen LogP contribution in [0.5, 0.6) is 5.75 Å². The van der Waals surface area contributed by atoms with E-state index in [2.05, 4.69) is 36.0 Å². The summed E-state index contributed by atoms with van der Waals surface area (Å²) in [4.78, 5) is 6.72. The molecule has 2 aromatic rings. The van der Waals surface area contributed by atoms with Gasteiger partial charge in [0.25, 0.3) is 0 Å². The van der Waals surface area contributed by atoms with E-state index in [0.717, 1.165) is 47.5 Å². The molecule has 1 aliphatic rings. The highest BCUT2D eigenvalue weighted by molar-refractivity contribution is 9.10. The van der Waals surface area contributed by atoms with E-state index in [1.165, 1.54) is 0 Å². The minimum atomic E-state index is 0.198. The summed E-state index contributed by atoms with van der Waals surface area (Å²) in [7, 11) is 1.65. The standard InChI is InChI=1S/C14H18BrN5O/c1-21-10-4-5-12(15)11(7-10)13-17-14(19-18-13)20-6-2-3-9(16)8-20/h4-5,7,9H,2-3,6,8,16H2,1H3,(H,17,18,19). The fraction of sp³-hybridized carbons (Fsp3) is 0.429. The number of nitrogens with zero attached hydrogens (tertiary/aromatic N) is 3. The van der Waals surface area contributed by atoms with Crippen LogP contribution in [0.1, 0.15) is 12.8 Å². The molecular weight excluding hydrogens is 334 g/mol. The second kappa shape index (κ2) is 6.03. The smallest absolute Gasteiger partial charge is 0.245 e. The van der Waals surface area contributed by atoms with Crippen molar-refractivity contribution < 1.29 is 4.74 Å². The summed E-state index contributed by atoms with van der Waals surface area (Å²) < 4.78 is 6.20. The third-order valence-electron chi connectivity index (χ3n) is 3.64. The third kappa shape index (κ3) is 3.03. The highest BCUT2D eigenvalue weighted by Crippen LogP contribution is 2.30. The van der Waals surface area contributed by atoms with Crippen molar-refractivity contribution in [2.24, 2.45) is 5.73 Å². The van der Waals surface area contributed by atoms with Crippen molar-refractivity contribution in [3.63, 3.8) is 0 Å². The summed E-state index contributed by atoms with van der Waals surface area (Å²) in [5, 5.41) is 7.32. The molecule has 6 nitrogen and oxygen atoms in total. The van der Waals surface area contributed by atoms with Crippen LogP contribution in [-0.2, 0) is 0 Å². The number of anilines is 1. The first-order chi connectivity index (χ1) is 10.2. The van der Waals surface area contributed by atoms with E-state index >= 15 is 0 Å². The maximum absolute atomic E-state index is 6.01. The Hall–Kier alpha value is -1.60. The second-order valence-corrected chi connectivity index (χ2v) is 6.03. The van der Waals surface area contributed by atoms with E-state index in [1.807, 2.05) is 18.2 Å². The quantitative estimate of drug-likeness (QED) is 0.885. The van der Waals surface area contributed by atoms with Gasteiger partial charge in [0, 0.05) is 29.2 Å². The normalized spacial score (nSPS) is 18.8. The van der Waals surface area contributed by atoms with Gasteiger partial charge in [0.2, 0.25) is 5.95 Å². The molecule has 0 bridgehead atoms. The molecular formula is C14H18BrN5O. The number of aromatic amines is 1. The molecule has 0 radical (unpaired) electrons. The molecule has 1 atom stereocenters. The molecule has 112 valence electrons. The SMILES string of the molecule is COc1ccc(Br)c(-c2nc(N3CCCC(N)C3)n[nH]2)c1. The topological polar surface area (TPSA) is 80.1 Å². The molecule has 0 spiro atoms. The monoisotopic (exact) mass is 351 g/mol. The fourth-order valence-corrected chi connectivity index (χ4v) is 2.95. The van der Waals surface area contributed by atoms with Gasteiger partial charge in [-0.3, -0.25) is 5.10 Å². The minimum Gasteiger partial charge on any atom is -0.497 e. The first-order valence-electron chi connectivity index (χ1n) is 6.94. The Bertz CT molecular complexity index is 630. The van der Waals surface area contributed by atoms with Crippen LogP contribution in [0.15, 0.2) is 22.7 Å². The first kappa shape index (κ1) is 14.3. The van der Waals surface area contributed by atoms with Crippen LogP contribution in [0, 0.1) is 0 Å². The Morgan fingerprint density at radius 1 is 1.48 bits per heavy atom. The van der Waals surface area contributed by atoms with E-state index in [0.29, 0.717) is 5.95 Å². The van der Waals surface area contributed by atoms with Crippen LogP contribution in [-0.4, -0.2) is 41.4 Å². The molecule has 3 N–H and O–H groups in total. The largest absolute Gasteiger partial charge is 0.497 e. The van der Waals surface area contributed by atoms with Crippen molar-refractivity contribution in [1.29, 1.82) is 0 Å². The number of rotatable bonds is 3. The molecule has 3 rings (SSSR count). The maximum atomic E-state index is 6.01. The molecule has 1 aliphatic heterocycles. The Morgan fingerprint density at radius 3 is 3.10 bits per heavy atom. The number of halogens is 1. The summed E-state index contributed by atoms with van der Waals surface area (Å²) in [6.45, 7) is 1.75. The van der Waals surface area contributed by atoms with E-state index < -0.39 is 0 Å². The van der Waals surface area contributed by atoms with Crippen molar-refractivity contribution in [1.82, 2.24) is 15.2 Å². The molecule has 1 aromatic heterocycles. The third-order valence-corrected chi connectivity index (χ3v) is 4.33. The van der Waals surface area contributed by atoms with Crippen LogP contribution in [0.3, 0.4) is 0 Å². The molecule has 1 saturated heterocycles. The van der Waals surface area contributed by atoms with Gasteiger partial charge in [0.05, 0.1) is 7.11 Å². The van der Waals surface area contributed by atoms with Gasteiger partial charge in [0.1, 0.15) is 5.75 Å². The van der Waals surface area contributed by atoms with Crippen molar-refractivity contribution in [2.75, 3.05) is 25.1 Å². The Kier molecular flexibility index (Phi) is 4.12. The summed E-state index contributed by atoms with van der Waals surface area (Å²) in [6, 6.07) is 5.96. The van der Waals surface area contributed by atoms with Crippen molar-refractivity contribution in [2.45, 2.75) is 18.9 Å². The zero-order chi connectivity index (χ0) is 14.8. The zero-order valence-corrected chi connectivity index (χ0v) is 13.4. The minimum absolute atomic E-state index is 0.198. The van der Waals surface area contributed by atoms with Crippen LogP contribution in [0.25, 0.3) is 11.4 Å². The zero-order valence-electron chi connectivity index (χ0n) is 11.8. The van der Waals surface area contributed by atoms with Gasteiger partial charge in [-0.15, -0.1) is 5.10 Å². The highest BCUT2D eigenvalue weighted by Gasteiger charge is 2.21. The van der Waals surface area contributed by atoms with Gasteiger partial charge >= 0.3 is 0 Å². The molecule has 0 saturated carbocycles. The van der Waals surface area contributed by atoms with Gasteiger partial charge in [-0.05, 0) is 31.0 Å². The first-order valence-corrected chi connectivity index (χ1v) is 7.73. The summed E-state index contributed by atoms with van der Waals surface area (Å²) >= 11 is 3.53. The van der Waals surface area contributed by atoms with E-state index in [9.17, 15) is 0 Å². The summed E-state index contributed by atoms with van der Waals surface area (Å²) in [6.07, 6.45) is 2.14. The molecule has 2 heterocycles. The predicted octanol–water partition coefficient (Wildman–Crippen LogP) is 2.17. The lowest BCUT2D eigenvalue weighted by Gasteiger charge is -2.29. The second-order valence-electron chi connectivity index (χ2n) is 5.18. The van der Waals surface area contributed by atoms with Crippen molar-refractivity contribution in [3.05, 3.63) is 22.7 Å². The Morgan fingerprint density at radius 2 is 2.33 bits per heavy atom. The lowest BCUT2D eigenvalue weighted by Crippen LogP contribution is -2.43. The van der Waals surface area contributed by atoms with Gasteiger partial charge in [0.15, 0.2) is 5.82 Å². The number of piperidine rings is 1.